The number of benzene rings is 1. The summed E-state index contributed by atoms with van der Waals surface area (Å²) in [5.74, 6) is 5.78. The molecule has 94 valence electrons. The Balaban J connectivity index is 2.06. The van der Waals surface area contributed by atoms with Crippen LogP contribution in [0, 0.1) is 17.2 Å². The maximum absolute atomic E-state index is 13.3. The molecular weight excluding hydrogens is 239 g/mol. The minimum absolute atomic E-state index is 0.165. The van der Waals surface area contributed by atoms with Crippen LogP contribution in [-0.2, 0) is 6.42 Å². The highest BCUT2D eigenvalue weighted by molar-refractivity contribution is 6.30. The van der Waals surface area contributed by atoms with Crippen LogP contribution in [-0.4, -0.2) is 6.04 Å². The van der Waals surface area contributed by atoms with Crippen LogP contribution in [0.5, 0.6) is 0 Å². The zero-order valence-electron chi connectivity index (χ0n) is 10.1. The zero-order chi connectivity index (χ0) is 12.6. The van der Waals surface area contributed by atoms with Crippen molar-refractivity contribution in [2.45, 2.75) is 32.7 Å². The van der Waals surface area contributed by atoms with E-state index in [4.69, 9.17) is 17.4 Å². The van der Waals surface area contributed by atoms with Gasteiger partial charge in [0.05, 0.1) is 5.02 Å². The van der Waals surface area contributed by atoms with E-state index in [9.17, 15) is 4.39 Å². The van der Waals surface area contributed by atoms with E-state index >= 15 is 0 Å². The Morgan fingerprint density at radius 1 is 1.59 bits per heavy atom. The summed E-state index contributed by atoms with van der Waals surface area (Å²) >= 11 is 5.66. The smallest absolute Gasteiger partial charge is 0.142 e. The number of nitrogens with two attached hydrogens (primary N) is 1. The zero-order valence-corrected chi connectivity index (χ0v) is 10.9. The van der Waals surface area contributed by atoms with Crippen LogP contribution in [0.25, 0.3) is 0 Å². The van der Waals surface area contributed by atoms with Crippen molar-refractivity contribution in [3.05, 3.63) is 34.6 Å². The molecule has 1 fully saturated rings. The molecule has 2 nitrogen and oxygen atoms in total. The Hall–Kier alpha value is -0.640. The van der Waals surface area contributed by atoms with Gasteiger partial charge in [-0.15, -0.1) is 0 Å². The van der Waals surface area contributed by atoms with Gasteiger partial charge in [-0.3, -0.25) is 11.3 Å². The molecule has 0 bridgehead atoms. The van der Waals surface area contributed by atoms with Crippen molar-refractivity contribution in [2.24, 2.45) is 17.2 Å². The predicted molar refractivity (Wildman–Crippen MR) is 68.1 cm³/mol. The van der Waals surface area contributed by atoms with Gasteiger partial charge in [0.2, 0.25) is 0 Å². The minimum Gasteiger partial charge on any atom is -0.271 e. The van der Waals surface area contributed by atoms with E-state index in [1.165, 1.54) is 6.07 Å². The first kappa shape index (κ1) is 12.8. The second-order valence-electron chi connectivity index (χ2n) is 5.52. The highest BCUT2D eigenvalue weighted by Gasteiger charge is 2.49. The van der Waals surface area contributed by atoms with Crippen molar-refractivity contribution in [1.82, 2.24) is 5.43 Å². The fourth-order valence-corrected chi connectivity index (χ4v) is 2.55. The van der Waals surface area contributed by atoms with Crippen LogP contribution in [0.15, 0.2) is 18.2 Å². The summed E-state index contributed by atoms with van der Waals surface area (Å²) in [6.07, 6.45) is 1.90. The molecule has 0 saturated heterocycles. The number of hydrogen-bond acceptors (Lipinski definition) is 2. The lowest BCUT2D eigenvalue weighted by atomic mass is 9.98. The summed E-state index contributed by atoms with van der Waals surface area (Å²) in [6.45, 7) is 4.45. The van der Waals surface area contributed by atoms with E-state index in [-0.39, 0.29) is 16.9 Å². The first-order chi connectivity index (χ1) is 7.94. The summed E-state index contributed by atoms with van der Waals surface area (Å²) in [7, 11) is 0. The van der Waals surface area contributed by atoms with E-state index in [0.29, 0.717) is 11.3 Å². The second-order valence-corrected chi connectivity index (χ2v) is 5.93. The lowest BCUT2D eigenvalue weighted by molar-refractivity contribution is 0.408. The van der Waals surface area contributed by atoms with Crippen molar-refractivity contribution in [2.75, 3.05) is 0 Å². The topological polar surface area (TPSA) is 38.0 Å². The highest BCUT2D eigenvalue weighted by atomic mass is 35.5. The van der Waals surface area contributed by atoms with Gasteiger partial charge in [0, 0.05) is 6.04 Å². The average Bonchev–Trinajstić information content (AvgIpc) is 2.89. The van der Waals surface area contributed by atoms with Gasteiger partial charge in [0.15, 0.2) is 0 Å². The van der Waals surface area contributed by atoms with Crippen molar-refractivity contribution >= 4 is 11.6 Å². The minimum atomic E-state index is -0.366. The van der Waals surface area contributed by atoms with Crippen LogP contribution < -0.4 is 11.3 Å². The molecule has 1 aromatic rings. The first-order valence-corrected chi connectivity index (χ1v) is 6.22. The van der Waals surface area contributed by atoms with Gasteiger partial charge in [-0.25, -0.2) is 4.39 Å². The summed E-state index contributed by atoms with van der Waals surface area (Å²) in [5.41, 5.74) is 4.12. The molecule has 0 radical (unpaired) electrons. The van der Waals surface area contributed by atoms with Gasteiger partial charge in [-0.05, 0) is 41.9 Å². The van der Waals surface area contributed by atoms with E-state index in [1.54, 1.807) is 6.07 Å². The third-order valence-corrected chi connectivity index (χ3v) is 4.04. The van der Waals surface area contributed by atoms with E-state index in [1.807, 2.05) is 6.07 Å². The van der Waals surface area contributed by atoms with Gasteiger partial charge in [-0.2, -0.15) is 0 Å². The van der Waals surface area contributed by atoms with Crippen molar-refractivity contribution in [1.29, 1.82) is 0 Å². The first-order valence-electron chi connectivity index (χ1n) is 5.84. The van der Waals surface area contributed by atoms with Gasteiger partial charge < -0.3 is 0 Å². The molecular formula is C13H18ClFN2. The van der Waals surface area contributed by atoms with Crippen molar-refractivity contribution < 1.29 is 4.39 Å². The van der Waals surface area contributed by atoms with Crippen LogP contribution in [0.3, 0.4) is 0 Å². The number of halogens is 2. The molecule has 1 aliphatic rings. The van der Waals surface area contributed by atoms with Crippen LogP contribution in [0.1, 0.15) is 25.8 Å². The SMILES string of the molecule is CC1(C)CC1C(Cc1ccc(Cl)c(F)c1)NN. The Morgan fingerprint density at radius 3 is 2.71 bits per heavy atom. The summed E-state index contributed by atoms with van der Waals surface area (Å²) in [6, 6.07) is 5.14. The van der Waals surface area contributed by atoms with Crippen LogP contribution in [0.2, 0.25) is 5.02 Å². The molecule has 1 aliphatic carbocycles. The van der Waals surface area contributed by atoms with E-state index < -0.39 is 0 Å². The van der Waals surface area contributed by atoms with Gasteiger partial charge in [-0.1, -0.05) is 31.5 Å². The maximum Gasteiger partial charge on any atom is 0.142 e. The number of rotatable bonds is 4. The molecule has 2 rings (SSSR count). The molecule has 1 aromatic carbocycles. The highest BCUT2D eigenvalue weighted by Crippen LogP contribution is 2.53. The fourth-order valence-electron chi connectivity index (χ4n) is 2.43. The van der Waals surface area contributed by atoms with Crippen molar-refractivity contribution in [3.8, 4) is 0 Å². The maximum atomic E-state index is 13.3. The Labute approximate surface area is 106 Å². The van der Waals surface area contributed by atoms with Gasteiger partial charge >= 0.3 is 0 Å². The Kier molecular flexibility index (Phi) is 3.43. The molecule has 3 N–H and O–H groups in total. The molecule has 2 atom stereocenters. The third kappa shape index (κ3) is 2.79. The Bertz CT molecular complexity index is 420. The average molecular weight is 257 g/mol. The second kappa shape index (κ2) is 4.56. The summed E-state index contributed by atoms with van der Waals surface area (Å²) in [4.78, 5) is 0. The largest absolute Gasteiger partial charge is 0.271 e. The lowest BCUT2D eigenvalue weighted by Crippen LogP contribution is -2.39. The molecule has 1 saturated carbocycles. The van der Waals surface area contributed by atoms with E-state index in [0.717, 1.165) is 18.4 Å². The normalized spacial score (nSPS) is 23.5. The third-order valence-electron chi connectivity index (χ3n) is 3.73. The van der Waals surface area contributed by atoms with Crippen LogP contribution >= 0.6 is 11.6 Å². The Morgan fingerprint density at radius 2 is 2.24 bits per heavy atom. The summed E-state index contributed by atoms with van der Waals surface area (Å²) in [5, 5.41) is 0.165. The lowest BCUT2D eigenvalue weighted by Gasteiger charge is -2.17. The van der Waals surface area contributed by atoms with Gasteiger partial charge in [0.1, 0.15) is 5.82 Å². The fraction of sp³-hybridized carbons (Fsp3) is 0.538. The molecule has 0 heterocycles. The molecule has 0 amide bonds. The molecule has 0 aromatic heterocycles. The molecule has 4 heteroatoms. The number of nitrogens with one attached hydrogen (secondary N) is 1. The van der Waals surface area contributed by atoms with E-state index in [2.05, 4.69) is 19.3 Å². The standard InChI is InChI=1S/C13H18ClFN2/c1-13(2)7-9(13)12(17-16)6-8-3-4-10(14)11(15)5-8/h3-5,9,12,17H,6-7,16H2,1-2H3. The molecule has 0 aliphatic heterocycles. The molecule has 17 heavy (non-hydrogen) atoms. The van der Waals surface area contributed by atoms with Crippen molar-refractivity contribution in [3.63, 3.8) is 0 Å². The number of hydrogen-bond donors (Lipinski definition) is 2. The quantitative estimate of drug-likeness (QED) is 0.642. The molecule has 0 spiro atoms. The van der Waals surface area contributed by atoms with Gasteiger partial charge in [0.25, 0.3) is 0 Å². The monoisotopic (exact) mass is 256 g/mol. The molecule has 2 unspecified atom stereocenters. The predicted octanol–water partition coefficient (Wildman–Crippen LogP) is 2.90. The van der Waals surface area contributed by atoms with Crippen LogP contribution in [0.4, 0.5) is 4.39 Å². The summed E-state index contributed by atoms with van der Waals surface area (Å²) < 4.78 is 13.3. The number of hydrazine groups is 1.